The van der Waals surface area contributed by atoms with E-state index in [1.54, 1.807) is 6.07 Å². The quantitative estimate of drug-likeness (QED) is 0.570. The van der Waals surface area contributed by atoms with E-state index < -0.39 is 0 Å². The van der Waals surface area contributed by atoms with Crippen LogP contribution in [0.25, 0.3) is 11.1 Å². The highest BCUT2D eigenvalue weighted by molar-refractivity contribution is 5.74. The van der Waals surface area contributed by atoms with Gasteiger partial charge in [-0.25, -0.2) is 0 Å². The molecule has 0 aliphatic heterocycles. The number of aromatic nitrogens is 2. The summed E-state index contributed by atoms with van der Waals surface area (Å²) in [4.78, 5) is 0. The third-order valence-corrected chi connectivity index (χ3v) is 3.28. The van der Waals surface area contributed by atoms with Gasteiger partial charge in [0, 0.05) is 18.3 Å². The molecule has 1 aliphatic carbocycles. The van der Waals surface area contributed by atoms with Crippen LogP contribution >= 0.6 is 0 Å². The first kappa shape index (κ1) is 11.1. The second-order valence-corrected chi connectivity index (χ2v) is 4.81. The van der Waals surface area contributed by atoms with Crippen LogP contribution in [0.1, 0.15) is 12.8 Å². The molecule has 5 nitrogen and oxygen atoms in total. The molecular weight excluding hydrogens is 228 g/mol. The lowest BCUT2D eigenvalue weighted by atomic mass is 10.1. The van der Waals surface area contributed by atoms with E-state index >= 15 is 0 Å². The highest BCUT2D eigenvalue weighted by Crippen LogP contribution is 2.31. The topological polar surface area (TPSA) is 76.1 Å². The van der Waals surface area contributed by atoms with Crippen molar-refractivity contribution in [1.29, 1.82) is 0 Å². The Kier molecular flexibility index (Phi) is 2.68. The van der Waals surface area contributed by atoms with Crippen LogP contribution in [0.15, 0.2) is 30.6 Å². The molecule has 0 spiro atoms. The van der Waals surface area contributed by atoms with E-state index in [0.717, 1.165) is 23.6 Å². The first-order chi connectivity index (χ1) is 8.76. The summed E-state index contributed by atoms with van der Waals surface area (Å²) in [7, 11) is 0. The van der Waals surface area contributed by atoms with Crippen molar-refractivity contribution in [3.05, 3.63) is 30.6 Å². The summed E-state index contributed by atoms with van der Waals surface area (Å²) in [6.07, 6.45) is 6.51. The average Bonchev–Trinajstić information content (AvgIpc) is 3.06. The molecule has 1 aromatic carbocycles. The maximum atomic E-state index is 8.97. The van der Waals surface area contributed by atoms with E-state index in [0.29, 0.717) is 11.4 Å². The van der Waals surface area contributed by atoms with Crippen molar-refractivity contribution in [3.8, 4) is 11.1 Å². The SMILES string of the molecule is Nc1ccc(-c2cnn(CC3CC3)c2)cc1NO. The Bertz CT molecular complexity index is 560. The smallest absolute Gasteiger partial charge is 0.0837 e. The maximum Gasteiger partial charge on any atom is 0.0837 e. The molecule has 4 N–H and O–H groups in total. The Balaban J connectivity index is 1.86. The van der Waals surface area contributed by atoms with Gasteiger partial charge in [0.05, 0.1) is 17.6 Å². The zero-order valence-electron chi connectivity index (χ0n) is 10.0. The molecule has 1 aromatic heterocycles. The average molecular weight is 244 g/mol. The van der Waals surface area contributed by atoms with Gasteiger partial charge in [-0.2, -0.15) is 5.10 Å². The van der Waals surface area contributed by atoms with Gasteiger partial charge in [-0.15, -0.1) is 0 Å². The fraction of sp³-hybridized carbons (Fsp3) is 0.308. The minimum atomic E-state index is 0.516. The minimum Gasteiger partial charge on any atom is -0.397 e. The number of anilines is 2. The molecule has 0 bridgehead atoms. The van der Waals surface area contributed by atoms with Gasteiger partial charge in [0.2, 0.25) is 0 Å². The van der Waals surface area contributed by atoms with E-state index in [4.69, 9.17) is 10.9 Å². The van der Waals surface area contributed by atoms with Crippen molar-refractivity contribution in [3.63, 3.8) is 0 Å². The molecule has 0 unspecified atom stereocenters. The van der Waals surface area contributed by atoms with Crippen LogP contribution in [0.5, 0.6) is 0 Å². The van der Waals surface area contributed by atoms with Gasteiger partial charge in [0.25, 0.3) is 0 Å². The van der Waals surface area contributed by atoms with Gasteiger partial charge in [0.1, 0.15) is 0 Å². The summed E-state index contributed by atoms with van der Waals surface area (Å²) in [5.74, 6) is 0.804. The third kappa shape index (κ3) is 2.17. The molecule has 0 amide bonds. The Labute approximate surface area is 105 Å². The van der Waals surface area contributed by atoms with Crippen molar-refractivity contribution < 1.29 is 5.21 Å². The molecule has 1 fully saturated rings. The third-order valence-electron chi connectivity index (χ3n) is 3.28. The Hall–Kier alpha value is -2.01. The van der Waals surface area contributed by atoms with Gasteiger partial charge < -0.3 is 5.73 Å². The normalized spacial score (nSPS) is 14.7. The lowest BCUT2D eigenvalue weighted by Gasteiger charge is -2.05. The summed E-state index contributed by atoms with van der Waals surface area (Å²) in [5, 5.41) is 13.3. The number of nitrogen functional groups attached to an aromatic ring is 1. The second kappa shape index (κ2) is 4.34. The summed E-state index contributed by atoms with van der Waals surface area (Å²) in [5.41, 5.74) is 10.9. The lowest BCUT2D eigenvalue weighted by Crippen LogP contribution is -1.99. The van der Waals surface area contributed by atoms with Crippen molar-refractivity contribution in [2.24, 2.45) is 5.92 Å². The zero-order chi connectivity index (χ0) is 12.5. The van der Waals surface area contributed by atoms with Crippen molar-refractivity contribution in [2.45, 2.75) is 19.4 Å². The summed E-state index contributed by atoms with van der Waals surface area (Å²) in [6, 6.07) is 5.51. The first-order valence-electron chi connectivity index (χ1n) is 6.09. The van der Waals surface area contributed by atoms with Crippen molar-refractivity contribution >= 4 is 11.4 Å². The molecule has 94 valence electrons. The second-order valence-electron chi connectivity index (χ2n) is 4.81. The van der Waals surface area contributed by atoms with Crippen LogP contribution in [0, 0.1) is 5.92 Å². The van der Waals surface area contributed by atoms with Gasteiger partial charge in [0.15, 0.2) is 0 Å². The predicted molar refractivity (Wildman–Crippen MR) is 70.2 cm³/mol. The minimum absolute atomic E-state index is 0.516. The molecule has 1 saturated carbocycles. The van der Waals surface area contributed by atoms with Crippen molar-refractivity contribution in [2.75, 3.05) is 11.2 Å². The van der Waals surface area contributed by atoms with Gasteiger partial charge >= 0.3 is 0 Å². The van der Waals surface area contributed by atoms with Gasteiger partial charge in [-0.3, -0.25) is 15.4 Å². The molecule has 3 rings (SSSR count). The van der Waals surface area contributed by atoms with Gasteiger partial charge in [-0.1, -0.05) is 6.07 Å². The molecule has 0 saturated heterocycles. The van der Waals surface area contributed by atoms with E-state index in [-0.39, 0.29) is 0 Å². The lowest BCUT2D eigenvalue weighted by molar-refractivity contribution is 0.389. The number of benzene rings is 1. The van der Waals surface area contributed by atoms with Crippen LogP contribution in [0.3, 0.4) is 0 Å². The predicted octanol–water partition coefficient (Wildman–Crippen LogP) is 2.34. The standard InChI is InChI=1S/C13H16N4O/c14-12-4-3-10(5-13(12)16-18)11-6-15-17(8-11)7-9-1-2-9/h3-6,8-9,16,18H,1-2,7,14H2. The maximum absolute atomic E-state index is 8.97. The zero-order valence-corrected chi connectivity index (χ0v) is 10.0. The van der Waals surface area contributed by atoms with Crippen LogP contribution in [0.2, 0.25) is 0 Å². The molecule has 0 atom stereocenters. The number of hydrogen-bond donors (Lipinski definition) is 3. The molecule has 2 aromatic rings. The fourth-order valence-electron chi connectivity index (χ4n) is 2.01. The first-order valence-corrected chi connectivity index (χ1v) is 6.09. The Morgan fingerprint density at radius 3 is 2.94 bits per heavy atom. The number of nitrogens with zero attached hydrogens (tertiary/aromatic N) is 2. The van der Waals surface area contributed by atoms with E-state index in [1.807, 2.05) is 29.2 Å². The summed E-state index contributed by atoms with van der Waals surface area (Å²) >= 11 is 0. The number of nitrogens with two attached hydrogens (primary N) is 1. The number of hydrogen-bond acceptors (Lipinski definition) is 4. The number of nitrogens with one attached hydrogen (secondary N) is 1. The van der Waals surface area contributed by atoms with E-state index in [9.17, 15) is 0 Å². The van der Waals surface area contributed by atoms with E-state index in [2.05, 4.69) is 10.6 Å². The van der Waals surface area contributed by atoms with Crippen LogP contribution in [-0.4, -0.2) is 15.0 Å². The molecular formula is C13H16N4O. The Morgan fingerprint density at radius 2 is 2.22 bits per heavy atom. The van der Waals surface area contributed by atoms with E-state index in [1.165, 1.54) is 12.8 Å². The number of rotatable bonds is 4. The van der Waals surface area contributed by atoms with Crippen LogP contribution < -0.4 is 11.2 Å². The summed E-state index contributed by atoms with van der Waals surface area (Å²) < 4.78 is 1.98. The monoisotopic (exact) mass is 244 g/mol. The van der Waals surface area contributed by atoms with Crippen LogP contribution in [0.4, 0.5) is 11.4 Å². The Morgan fingerprint density at radius 1 is 1.39 bits per heavy atom. The summed E-state index contributed by atoms with van der Waals surface area (Å²) in [6.45, 7) is 1.00. The fourth-order valence-corrected chi connectivity index (χ4v) is 2.01. The molecule has 5 heteroatoms. The molecule has 0 radical (unpaired) electrons. The molecule has 1 aliphatic rings. The highest BCUT2D eigenvalue weighted by atomic mass is 16.5. The highest BCUT2D eigenvalue weighted by Gasteiger charge is 2.22. The molecule has 18 heavy (non-hydrogen) atoms. The van der Waals surface area contributed by atoms with Crippen LogP contribution in [-0.2, 0) is 6.54 Å². The molecule has 1 heterocycles. The van der Waals surface area contributed by atoms with Gasteiger partial charge in [-0.05, 0) is 36.5 Å². The largest absolute Gasteiger partial charge is 0.397 e. The van der Waals surface area contributed by atoms with Crippen molar-refractivity contribution in [1.82, 2.24) is 9.78 Å².